The number of nitrogen functional groups attached to an aromatic ring is 1. The molecule has 3 aromatic rings. The van der Waals surface area contributed by atoms with Gasteiger partial charge in [0.25, 0.3) is 0 Å². The molecule has 3 heterocycles. The molecule has 4 rings (SSSR count). The van der Waals surface area contributed by atoms with E-state index in [0.717, 1.165) is 34.9 Å². The van der Waals surface area contributed by atoms with Crippen LogP contribution < -0.4 is 16.6 Å². The van der Waals surface area contributed by atoms with Gasteiger partial charge >= 0.3 is 11.8 Å². The van der Waals surface area contributed by atoms with Gasteiger partial charge in [-0.3, -0.25) is 14.4 Å². The molecule has 0 spiro atoms. The maximum atomic E-state index is 13.2. The Morgan fingerprint density at radius 3 is 2.81 bits per heavy atom. The van der Waals surface area contributed by atoms with E-state index in [9.17, 15) is 14.4 Å². The number of aryl methyl sites for hydroxylation is 1. The predicted molar refractivity (Wildman–Crippen MR) is 124 cm³/mol. The van der Waals surface area contributed by atoms with Gasteiger partial charge in [-0.25, -0.2) is 4.98 Å². The molecular weight excluding hydrogens is 406 g/mol. The monoisotopic (exact) mass is 433 g/mol. The second-order valence-electron chi connectivity index (χ2n) is 8.40. The summed E-state index contributed by atoms with van der Waals surface area (Å²) in [6.45, 7) is 4.53. The number of carbonyl (C=O) groups is 2. The molecule has 1 fully saturated rings. The molecule has 0 saturated carbocycles. The summed E-state index contributed by atoms with van der Waals surface area (Å²) in [4.78, 5) is 46.1. The van der Waals surface area contributed by atoms with Crippen molar-refractivity contribution in [2.45, 2.75) is 39.2 Å². The first kappa shape index (κ1) is 21.5. The lowest BCUT2D eigenvalue weighted by Crippen LogP contribution is -2.46. The molecule has 1 aromatic carbocycles. The van der Waals surface area contributed by atoms with Crippen LogP contribution in [0.2, 0.25) is 0 Å². The molecule has 4 N–H and O–H groups in total. The van der Waals surface area contributed by atoms with Gasteiger partial charge in [-0.2, -0.15) is 0 Å². The lowest BCUT2D eigenvalue weighted by atomic mass is 9.89. The van der Waals surface area contributed by atoms with Crippen LogP contribution in [-0.2, 0) is 16.0 Å². The van der Waals surface area contributed by atoms with Gasteiger partial charge in [0.1, 0.15) is 5.82 Å². The fourth-order valence-corrected chi connectivity index (χ4v) is 4.29. The van der Waals surface area contributed by atoms with Gasteiger partial charge in [-0.05, 0) is 66.0 Å². The Morgan fingerprint density at radius 2 is 2.03 bits per heavy atom. The van der Waals surface area contributed by atoms with E-state index in [-0.39, 0.29) is 11.6 Å². The van der Waals surface area contributed by atoms with Crippen molar-refractivity contribution >= 4 is 34.2 Å². The van der Waals surface area contributed by atoms with Crippen LogP contribution in [-0.4, -0.2) is 33.2 Å². The van der Waals surface area contributed by atoms with Crippen molar-refractivity contribution in [1.29, 1.82) is 0 Å². The minimum absolute atomic E-state index is 0.159. The third-order valence-electron chi connectivity index (χ3n) is 6.05. The summed E-state index contributed by atoms with van der Waals surface area (Å²) in [6.07, 6.45) is 3.86. The average molecular weight is 434 g/mol. The molecule has 1 aliphatic rings. The van der Waals surface area contributed by atoms with Gasteiger partial charge in [-0.1, -0.05) is 19.9 Å². The van der Waals surface area contributed by atoms with Crippen LogP contribution in [0.15, 0.2) is 47.4 Å². The Labute approximate surface area is 185 Å². The maximum absolute atomic E-state index is 13.2. The first-order valence-corrected chi connectivity index (χ1v) is 10.8. The summed E-state index contributed by atoms with van der Waals surface area (Å²) in [5.74, 6) is -0.551. The third kappa shape index (κ3) is 4.34. The van der Waals surface area contributed by atoms with Crippen LogP contribution in [0.1, 0.15) is 43.9 Å². The maximum Gasteiger partial charge on any atom is 0.313 e. The number of pyridine rings is 2. The number of fused-ring (bicyclic) bond motifs is 1. The molecular formula is C24H27N5O3. The minimum Gasteiger partial charge on any atom is -0.383 e. The van der Waals surface area contributed by atoms with Crippen molar-refractivity contribution in [3.63, 3.8) is 0 Å². The van der Waals surface area contributed by atoms with Crippen LogP contribution in [0.4, 0.5) is 11.5 Å². The Bertz CT molecular complexity index is 1240. The second kappa shape index (κ2) is 8.82. The number of hydrogen-bond acceptors (Lipinski definition) is 5. The third-order valence-corrected chi connectivity index (χ3v) is 6.05. The number of aromatic nitrogens is 2. The summed E-state index contributed by atoms with van der Waals surface area (Å²) in [5.41, 5.74) is 8.62. The molecule has 2 aromatic heterocycles. The molecule has 166 valence electrons. The van der Waals surface area contributed by atoms with Gasteiger partial charge in [0.15, 0.2) is 0 Å². The number of nitrogens with two attached hydrogens (primary N) is 1. The minimum atomic E-state index is -0.692. The van der Waals surface area contributed by atoms with Crippen molar-refractivity contribution in [2.24, 2.45) is 5.92 Å². The van der Waals surface area contributed by atoms with Gasteiger partial charge < -0.3 is 20.9 Å². The van der Waals surface area contributed by atoms with Crippen LogP contribution in [0.25, 0.3) is 10.9 Å². The summed E-state index contributed by atoms with van der Waals surface area (Å²) < 4.78 is 0. The first-order valence-electron chi connectivity index (χ1n) is 10.8. The molecule has 32 heavy (non-hydrogen) atoms. The van der Waals surface area contributed by atoms with Gasteiger partial charge in [0.05, 0.1) is 17.9 Å². The number of carbonyl (C=O) groups excluding carboxylic acids is 2. The number of benzene rings is 1. The zero-order valence-corrected chi connectivity index (χ0v) is 18.2. The highest BCUT2D eigenvalue weighted by atomic mass is 16.2. The highest BCUT2D eigenvalue weighted by molar-refractivity contribution is 6.39. The number of amides is 2. The fourth-order valence-electron chi connectivity index (χ4n) is 4.29. The van der Waals surface area contributed by atoms with E-state index in [4.69, 9.17) is 5.73 Å². The van der Waals surface area contributed by atoms with Crippen LogP contribution in [0.3, 0.4) is 0 Å². The number of piperidine rings is 1. The number of aromatic amines is 1. The van der Waals surface area contributed by atoms with E-state index < -0.39 is 11.8 Å². The first-order chi connectivity index (χ1) is 15.4. The van der Waals surface area contributed by atoms with E-state index in [1.54, 1.807) is 17.0 Å². The topological polar surface area (TPSA) is 121 Å². The molecule has 0 aliphatic carbocycles. The van der Waals surface area contributed by atoms with Crippen LogP contribution >= 0.6 is 0 Å². The number of anilines is 2. The largest absolute Gasteiger partial charge is 0.383 e. The number of hydrogen-bond donors (Lipinski definition) is 3. The summed E-state index contributed by atoms with van der Waals surface area (Å²) in [6, 6.07) is 10.5. The molecule has 1 aliphatic heterocycles. The molecule has 2 atom stereocenters. The van der Waals surface area contributed by atoms with Gasteiger partial charge in [0, 0.05) is 18.1 Å². The van der Waals surface area contributed by atoms with Gasteiger partial charge in [0.2, 0.25) is 5.56 Å². The number of H-pyrrole nitrogens is 1. The molecule has 2 amide bonds. The predicted octanol–water partition coefficient (Wildman–Crippen LogP) is 3.01. The second-order valence-corrected chi connectivity index (χ2v) is 8.40. The Balaban J connectivity index is 1.59. The quantitative estimate of drug-likeness (QED) is 0.548. The molecule has 8 heteroatoms. The van der Waals surface area contributed by atoms with Crippen LogP contribution in [0.5, 0.6) is 0 Å². The number of nitrogens with one attached hydrogen (secondary N) is 2. The molecule has 0 bridgehead atoms. The highest BCUT2D eigenvalue weighted by Crippen LogP contribution is 2.34. The molecule has 0 unspecified atom stereocenters. The zero-order valence-electron chi connectivity index (χ0n) is 18.2. The fraction of sp³-hybridized carbons (Fsp3) is 0.333. The number of rotatable bonds is 3. The van der Waals surface area contributed by atoms with Gasteiger partial charge in [-0.15, -0.1) is 0 Å². The van der Waals surface area contributed by atoms with Crippen LogP contribution in [0, 0.1) is 5.92 Å². The Morgan fingerprint density at radius 1 is 1.22 bits per heavy atom. The van der Waals surface area contributed by atoms with Crippen molar-refractivity contribution in [3.8, 4) is 0 Å². The summed E-state index contributed by atoms with van der Waals surface area (Å²) >= 11 is 0. The molecule has 8 nitrogen and oxygen atoms in total. The normalized spacial score (nSPS) is 18.5. The van der Waals surface area contributed by atoms with E-state index in [2.05, 4.69) is 22.2 Å². The van der Waals surface area contributed by atoms with Crippen molar-refractivity contribution < 1.29 is 9.59 Å². The Kier molecular flexibility index (Phi) is 5.94. The van der Waals surface area contributed by atoms with E-state index in [1.165, 1.54) is 12.3 Å². The average Bonchev–Trinajstić information content (AvgIpc) is 2.79. The lowest BCUT2D eigenvalue weighted by molar-refractivity contribution is -0.146. The van der Waals surface area contributed by atoms with Crippen molar-refractivity contribution in [1.82, 2.24) is 14.9 Å². The lowest BCUT2D eigenvalue weighted by Gasteiger charge is -2.38. The van der Waals surface area contributed by atoms with E-state index in [0.29, 0.717) is 30.4 Å². The summed E-state index contributed by atoms with van der Waals surface area (Å²) in [7, 11) is 0. The zero-order chi connectivity index (χ0) is 22.8. The standard InChI is InChI=1S/C24H27N5O3/c1-3-15-11-18(12-26-22(15)25)27-23(31)24(32)29-13-14(2)4-8-20(29)17-5-7-19-16(10-17)6-9-21(30)28-19/h5-7,9-12,14,20H,3-4,8,13H2,1-2H3,(H2,25,26)(H,27,31)(H,28,30)/t14-,20+/m0/s1. The van der Waals surface area contributed by atoms with Crippen molar-refractivity contribution in [2.75, 3.05) is 17.6 Å². The smallest absolute Gasteiger partial charge is 0.313 e. The molecule has 1 saturated heterocycles. The summed E-state index contributed by atoms with van der Waals surface area (Å²) in [5, 5.41) is 3.56. The SMILES string of the molecule is CCc1cc(NC(=O)C(=O)N2C[C@@H](C)CC[C@@H]2c2ccc3[nH]c(=O)ccc3c2)cnc1N. The highest BCUT2D eigenvalue weighted by Gasteiger charge is 2.34. The molecule has 0 radical (unpaired) electrons. The van der Waals surface area contributed by atoms with E-state index >= 15 is 0 Å². The van der Waals surface area contributed by atoms with E-state index in [1.807, 2.05) is 25.1 Å². The number of likely N-dealkylation sites (tertiary alicyclic amines) is 1. The van der Waals surface area contributed by atoms with Crippen molar-refractivity contribution in [3.05, 3.63) is 64.1 Å². The Hall–Kier alpha value is -3.68. The number of nitrogens with zero attached hydrogens (tertiary/aromatic N) is 2.